The number of hydrogen-bond acceptors (Lipinski definition) is 5. The van der Waals surface area contributed by atoms with E-state index >= 15 is 0 Å². The Bertz CT molecular complexity index is 1260. The molecule has 0 saturated heterocycles. The quantitative estimate of drug-likeness (QED) is 0.471. The molecule has 35 heavy (non-hydrogen) atoms. The van der Waals surface area contributed by atoms with Gasteiger partial charge in [-0.3, -0.25) is 4.79 Å². The third-order valence-corrected chi connectivity index (χ3v) is 6.85. The number of carbonyl (C=O) groups excluding carboxylic acids is 2. The van der Waals surface area contributed by atoms with Gasteiger partial charge < -0.3 is 19.5 Å². The summed E-state index contributed by atoms with van der Waals surface area (Å²) in [5.74, 6) is 1.70. The van der Waals surface area contributed by atoms with Crippen molar-refractivity contribution in [3.63, 3.8) is 0 Å². The fourth-order valence-electron chi connectivity index (χ4n) is 4.65. The van der Waals surface area contributed by atoms with Crippen molar-refractivity contribution in [1.82, 2.24) is 5.32 Å². The van der Waals surface area contributed by atoms with E-state index in [1.807, 2.05) is 48.5 Å². The maximum absolute atomic E-state index is 13.4. The normalized spacial score (nSPS) is 14.9. The summed E-state index contributed by atoms with van der Waals surface area (Å²) < 4.78 is 15.8. The molecule has 0 aromatic heterocycles. The molecule has 3 aromatic carbocycles. The first-order valence-corrected chi connectivity index (χ1v) is 12.0. The van der Waals surface area contributed by atoms with Crippen molar-refractivity contribution in [3.8, 4) is 22.6 Å². The molecule has 0 atom stereocenters. The Morgan fingerprint density at radius 1 is 0.943 bits per heavy atom. The van der Waals surface area contributed by atoms with Crippen LogP contribution in [0.2, 0.25) is 0 Å². The van der Waals surface area contributed by atoms with Gasteiger partial charge in [0, 0.05) is 13.0 Å². The van der Waals surface area contributed by atoms with Crippen LogP contribution in [0.5, 0.6) is 11.5 Å². The molecule has 0 radical (unpaired) electrons. The van der Waals surface area contributed by atoms with Crippen LogP contribution in [0.1, 0.15) is 42.0 Å². The predicted octanol–water partition coefficient (Wildman–Crippen LogP) is 5.48. The number of hydrogen-bond donors (Lipinski definition) is 1. The van der Waals surface area contributed by atoms with E-state index in [0.29, 0.717) is 19.6 Å². The second kappa shape index (κ2) is 9.45. The lowest BCUT2D eigenvalue weighted by Gasteiger charge is -2.16. The van der Waals surface area contributed by atoms with Crippen LogP contribution >= 0.6 is 0 Å². The maximum atomic E-state index is 13.4. The van der Waals surface area contributed by atoms with Crippen molar-refractivity contribution in [2.24, 2.45) is 0 Å². The molecule has 6 nitrogen and oxygen atoms in total. The topological polar surface area (TPSA) is 73.9 Å². The Kier molecular flexibility index (Phi) is 6.20. The van der Waals surface area contributed by atoms with Crippen LogP contribution in [0.3, 0.4) is 0 Å². The third-order valence-electron chi connectivity index (χ3n) is 6.85. The van der Waals surface area contributed by atoms with Crippen molar-refractivity contribution in [2.45, 2.75) is 45.1 Å². The molecule has 1 heterocycles. The van der Waals surface area contributed by atoms with E-state index in [2.05, 4.69) is 24.4 Å². The summed E-state index contributed by atoms with van der Waals surface area (Å²) in [4.78, 5) is 24.9. The molecular weight excluding hydrogens is 442 g/mol. The average molecular weight is 472 g/mol. The van der Waals surface area contributed by atoms with Crippen LogP contribution in [0, 0.1) is 6.92 Å². The zero-order valence-electron chi connectivity index (χ0n) is 20.1. The number of ether oxygens (including phenoxy) is 3. The lowest BCUT2D eigenvalue weighted by atomic mass is 9.87. The molecule has 180 valence electrons. The number of aryl methyl sites for hydroxylation is 1. The van der Waals surface area contributed by atoms with E-state index in [1.54, 1.807) is 6.92 Å². The number of alkyl carbamates (subject to hydrolysis) is 1. The molecule has 3 aromatic rings. The molecule has 0 spiro atoms. The highest BCUT2D eigenvalue weighted by atomic mass is 16.7. The minimum absolute atomic E-state index is 0.231. The summed E-state index contributed by atoms with van der Waals surface area (Å²) in [6.07, 6.45) is 1.71. The van der Waals surface area contributed by atoms with Gasteiger partial charge in [-0.25, -0.2) is 4.79 Å². The number of rotatable bonds is 8. The standard InChI is InChI=1S/C29H29NO5/c1-3-33-28(32)30-17-20-6-8-22(9-7-20)24-14-21(5-4-19(24)2)15-27(31)29(12-13-29)23-10-11-25-26(16-23)35-18-34-25/h4-11,14,16H,3,12-13,15,17-18H2,1-2H3,(H,30,32). The van der Waals surface area contributed by atoms with Crippen molar-refractivity contribution in [3.05, 3.63) is 82.9 Å². The fraction of sp³-hybridized carbons (Fsp3) is 0.310. The molecule has 1 aliphatic carbocycles. The lowest BCUT2D eigenvalue weighted by molar-refractivity contribution is -0.120. The van der Waals surface area contributed by atoms with Gasteiger partial charge in [0.2, 0.25) is 6.79 Å². The van der Waals surface area contributed by atoms with Gasteiger partial charge in [-0.2, -0.15) is 0 Å². The Balaban J connectivity index is 1.30. The predicted molar refractivity (Wildman–Crippen MR) is 133 cm³/mol. The van der Waals surface area contributed by atoms with Crippen molar-refractivity contribution >= 4 is 11.9 Å². The molecule has 6 heteroatoms. The summed E-state index contributed by atoms with van der Waals surface area (Å²) in [6, 6.07) is 20.2. The highest BCUT2D eigenvalue weighted by Gasteiger charge is 2.50. The van der Waals surface area contributed by atoms with Gasteiger partial charge in [-0.1, -0.05) is 48.5 Å². The highest BCUT2D eigenvalue weighted by molar-refractivity contribution is 5.95. The first kappa shape index (κ1) is 23.0. The molecule has 1 fully saturated rings. The van der Waals surface area contributed by atoms with Gasteiger partial charge >= 0.3 is 6.09 Å². The first-order chi connectivity index (χ1) is 17.0. The molecule has 1 saturated carbocycles. The second-order valence-electron chi connectivity index (χ2n) is 9.17. The first-order valence-electron chi connectivity index (χ1n) is 12.0. The van der Waals surface area contributed by atoms with Crippen LogP contribution in [-0.4, -0.2) is 25.3 Å². The largest absolute Gasteiger partial charge is 0.454 e. The molecule has 1 aliphatic heterocycles. The second-order valence-corrected chi connectivity index (χ2v) is 9.17. The van der Waals surface area contributed by atoms with Crippen LogP contribution in [-0.2, 0) is 27.9 Å². The van der Waals surface area contributed by atoms with E-state index in [1.165, 1.54) is 0 Å². The Hall–Kier alpha value is -3.80. The number of Topliss-reactive ketones (excluding diaryl/α,β-unsaturated/α-hetero) is 1. The van der Waals surface area contributed by atoms with Crippen molar-refractivity contribution < 1.29 is 23.8 Å². The molecular formula is C29H29NO5. The van der Waals surface area contributed by atoms with Crippen LogP contribution in [0.15, 0.2) is 60.7 Å². The number of carbonyl (C=O) groups is 2. The molecule has 5 rings (SSSR count). The van der Waals surface area contributed by atoms with E-state index in [-0.39, 0.29) is 12.6 Å². The number of ketones is 1. The van der Waals surface area contributed by atoms with Crippen molar-refractivity contribution in [2.75, 3.05) is 13.4 Å². The zero-order chi connectivity index (χ0) is 24.4. The number of amides is 1. The fourth-order valence-corrected chi connectivity index (χ4v) is 4.65. The highest BCUT2D eigenvalue weighted by Crippen LogP contribution is 2.51. The number of benzene rings is 3. The number of nitrogens with one attached hydrogen (secondary N) is 1. The molecule has 0 bridgehead atoms. The summed E-state index contributed by atoms with van der Waals surface area (Å²) in [5, 5.41) is 2.73. The van der Waals surface area contributed by atoms with E-state index in [9.17, 15) is 9.59 Å². The van der Waals surface area contributed by atoms with Gasteiger partial charge in [-0.15, -0.1) is 0 Å². The Morgan fingerprint density at radius 3 is 2.43 bits per heavy atom. The maximum Gasteiger partial charge on any atom is 0.407 e. The number of fused-ring (bicyclic) bond motifs is 1. The van der Waals surface area contributed by atoms with Gasteiger partial charge in [0.15, 0.2) is 11.5 Å². The van der Waals surface area contributed by atoms with Crippen molar-refractivity contribution in [1.29, 1.82) is 0 Å². The Morgan fingerprint density at radius 2 is 1.69 bits per heavy atom. The smallest absolute Gasteiger partial charge is 0.407 e. The lowest BCUT2D eigenvalue weighted by Crippen LogP contribution is -2.23. The molecule has 2 aliphatic rings. The van der Waals surface area contributed by atoms with Crippen LogP contribution < -0.4 is 14.8 Å². The van der Waals surface area contributed by atoms with Crippen LogP contribution in [0.4, 0.5) is 4.79 Å². The minimum Gasteiger partial charge on any atom is -0.454 e. The Labute approximate surface area is 205 Å². The monoisotopic (exact) mass is 471 g/mol. The molecule has 1 N–H and O–H groups in total. The van der Waals surface area contributed by atoms with E-state index in [0.717, 1.165) is 57.7 Å². The average Bonchev–Trinajstić information content (AvgIpc) is 3.55. The zero-order valence-corrected chi connectivity index (χ0v) is 20.1. The summed E-state index contributed by atoms with van der Waals surface area (Å²) in [6.45, 7) is 4.84. The van der Waals surface area contributed by atoms with Gasteiger partial charge in [0.1, 0.15) is 5.78 Å². The van der Waals surface area contributed by atoms with Crippen LogP contribution in [0.25, 0.3) is 11.1 Å². The summed E-state index contributed by atoms with van der Waals surface area (Å²) >= 11 is 0. The SMILES string of the molecule is CCOC(=O)NCc1ccc(-c2cc(CC(=O)C3(c4ccc5c(c4)OCO5)CC3)ccc2C)cc1. The summed E-state index contributed by atoms with van der Waals surface area (Å²) in [5.41, 5.74) is 5.93. The minimum atomic E-state index is -0.418. The van der Waals surface area contributed by atoms with Gasteiger partial charge in [0.25, 0.3) is 0 Å². The third kappa shape index (κ3) is 4.74. The van der Waals surface area contributed by atoms with E-state index < -0.39 is 11.5 Å². The molecule has 0 unspecified atom stereocenters. The van der Waals surface area contributed by atoms with E-state index in [4.69, 9.17) is 14.2 Å². The van der Waals surface area contributed by atoms with Gasteiger partial charge in [0.05, 0.1) is 12.0 Å². The van der Waals surface area contributed by atoms with Gasteiger partial charge in [-0.05, 0) is 72.2 Å². The molecule has 1 amide bonds. The summed E-state index contributed by atoms with van der Waals surface area (Å²) in [7, 11) is 0.